The molecule has 0 unspecified atom stereocenters. The average Bonchev–Trinajstić information content (AvgIpc) is 3.52. The average molecular weight is 432 g/mol. The maximum atomic E-state index is 13.1. The molecule has 0 bridgehead atoms. The van der Waals surface area contributed by atoms with Gasteiger partial charge in [-0.15, -0.1) is 0 Å². The smallest absolute Gasteiger partial charge is 0.290 e. The molecule has 2 aromatic heterocycles. The van der Waals surface area contributed by atoms with E-state index in [1.165, 1.54) is 18.4 Å². The van der Waals surface area contributed by atoms with Crippen molar-refractivity contribution < 1.29 is 18.7 Å². The number of carbonyl (C=O) groups is 1. The second kappa shape index (κ2) is 9.25. The van der Waals surface area contributed by atoms with E-state index >= 15 is 0 Å². The largest absolute Gasteiger partial charge is 0.459 e. The van der Waals surface area contributed by atoms with Crippen LogP contribution in [0.1, 0.15) is 35.0 Å². The zero-order valence-electron chi connectivity index (χ0n) is 17.2. The number of furan rings is 1. The van der Waals surface area contributed by atoms with Crippen LogP contribution in [-0.2, 0) is 6.42 Å². The number of carbonyl (C=O) groups excluding carboxylic acids is 1. The molecular weight excluding hydrogens is 412 g/mol. The van der Waals surface area contributed by atoms with E-state index in [0.717, 1.165) is 5.56 Å². The van der Waals surface area contributed by atoms with Gasteiger partial charge >= 0.3 is 0 Å². The van der Waals surface area contributed by atoms with E-state index in [2.05, 4.69) is 10.1 Å². The van der Waals surface area contributed by atoms with Gasteiger partial charge in [0, 0.05) is 30.7 Å². The van der Waals surface area contributed by atoms with Gasteiger partial charge in [-0.05, 0) is 36.8 Å². The third kappa shape index (κ3) is 4.56. The van der Waals surface area contributed by atoms with Gasteiger partial charge in [0.1, 0.15) is 0 Å². The van der Waals surface area contributed by atoms with Crippen LogP contribution in [0.3, 0.4) is 0 Å². The molecular formula is C23H20N4O5. The summed E-state index contributed by atoms with van der Waals surface area (Å²) in [5.41, 5.74) is 1.58. The summed E-state index contributed by atoms with van der Waals surface area (Å²) in [5.74, 6) is 0.706. The highest BCUT2D eigenvalue weighted by atomic mass is 16.6. The Morgan fingerprint density at radius 2 is 1.84 bits per heavy atom. The fourth-order valence-corrected chi connectivity index (χ4v) is 3.35. The molecule has 1 atom stereocenters. The molecule has 1 amide bonds. The summed E-state index contributed by atoms with van der Waals surface area (Å²) in [5, 5.41) is 14.8. The number of amides is 1. The van der Waals surface area contributed by atoms with Gasteiger partial charge in [0.2, 0.25) is 11.7 Å². The monoisotopic (exact) mass is 432 g/mol. The first kappa shape index (κ1) is 21.0. The second-order valence-corrected chi connectivity index (χ2v) is 7.13. The molecule has 0 aliphatic carbocycles. The Morgan fingerprint density at radius 3 is 2.50 bits per heavy atom. The van der Waals surface area contributed by atoms with E-state index < -0.39 is 4.92 Å². The standard InChI is InChI=1S/C23H20N4O5/c1-16(17-6-3-2-4-7-17)26(23(28)20-8-5-15-31-20)14-13-21-24-22(25-32-21)18-9-11-19(12-10-18)27(29)30/h2-12,15-16H,13-14H2,1H3/t16-/m0/s1. The first-order valence-electron chi connectivity index (χ1n) is 10.00. The van der Waals surface area contributed by atoms with Crippen molar-refractivity contribution in [2.45, 2.75) is 19.4 Å². The molecule has 2 aromatic carbocycles. The normalized spacial score (nSPS) is 11.8. The third-order valence-corrected chi connectivity index (χ3v) is 5.11. The van der Waals surface area contributed by atoms with Crippen LogP contribution in [-0.4, -0.2) is 32.4 Å². The fraction of sp³-hybridized carbons (Fsp3) is 0.174. The van der Waals surface area contributed by atoms with Crippen molar-refractivity contribution >= 4 is 11.6 Å². The van der Waals surface area contributed by atoms with E-state index in [-0.39, 0.29) is 23.4 Å². The summed E-state index contributed by atoms with van der Waals surface area (Å²) in [6.07, 6.45) is 1.80. The molecule has 0 aliphatic rings. The highest BCUT2D eigenvalue weighted by Gasteiger charge is 2.25. The van der Waals surface area contributed by atoms with Crippen molar-refractivity contribution in [2.75, 3.05) is 6.54 Å². The summed E-state index contributed by atoms with van der Waals surface area (Å²) in [4.78, 5) is 29.5. The van der Waals surface area contributed by atoms with Crippen LogP contribution in [0.4, 0.5) is 5.69 Å². The molecule has 0 radical (unpaired) electrons. The topological polar surface area (TPSA) is 116 Å². The maximum Gasteiger partial charge on any atom is 0.290 e. The number of hydrogen-bond donors (Lipinski definition) is 0. The third-order valence-electron chi connectivity index (χ3n) is 5.11. The Bertz CT molecular complexity index is 1190. The predicted molar refractivity (Wildman–Crippen MR) is 115 cm³/mol. The van der Waals surface area contributed by atoms with Crippen LogP contribution < -0.4 is 0 Å². The van der Waals surface area contributed by atoms with Crippen LogP contribution in [0.15, 0.2) is 81.9 Å². The number of aromatic nitrogens is 2. The van der Waals surface area contributed by atoms with Gasteiger partial charge in [-0.2, -0.15) is 4.98 Å². The SMILES string of the molecule is C[C@@H](c1ccccc1)N(CCc1nc(-c2ccc([N+](=O)[O-])cc2)no1)C(=O)c1ccco1. The van der Waals surface area contributed by atoms with Gasteiger partial charge in [0.15, 0.2) is 5.76 Å². The summed E-state index contributed by atoms with van der Waals surface area (Å²) in [7, 11) is 0. The van der Waals surface area contributed by atoms with E-state index in [4.69, 9.17) is 8.94 Å². The molecule has 4 aromatic rings. The molecule has 0 spiro atoms. The van der Waals surface area contributed by atoms with Crippen LogP contribution in [0.5, 0.6) is 0 Å². The van der Waals surface area contributed by atoms with E-state index in [1.807, 2.05) is 37.3 Å². The zero-order chi connectivity index (χ0) is 22.5. The summed E-state index contributed by atoms with van der Waals surface area (Å²) >= 11 is 0. The lowest BCUT2D eigenvalue weighted by atomic mass is 10.1. The van der Waals surface area contributed by atoms with E-state index in [0.29, 0.717) is 30.2 Å². The van der Waals surface area contributed by atoms with Crippen LogP contribution in [0.2, 0.25) is 0 Å². The van der Waals surface area contributed by atoms with Gasteiger partial charge in [-0.1, -0.05) is 35.5 Å². The molecule has 2 heterocycles. The van der Waals surface area contributed by atoms with Crippen molar-refractivity contribution in [1.29, 1.82) is 0 Å². The molecule has 9 nitrogen and oxygen atoms in total. The minimum atomic E-state index is -0.468. The quantitative estimate of drug-likeness (QED) is 0.293. The first-order valence-corrected chi connectivity index (χ1v) is 10.00. The highest BCUT2D eigenvalue weighted by molar-refractivity contribution is 5.91. The van der Waals surface area contributed by atoms with Gasteiger partial charge < -0.3 is 13.8 Å². The number of rotatable bonds is 8. The molecule has 4 rings (SSSR count). The Kier molecular flexibility index (Phi) is 6.07. The first-order chi connectivity index (χ1) is 15.5. The number of nitro groups is 1. The Morgan fingerprint density at radius 1 is 1.09 bits per heavy atom. The predicted octanol–water partition coefficient (Wildman–Crippen LogP) is 4.68. The number of nitro benzene ring substituents is 1. The van der Waals surface area contributed by atoms with Crippen molar-refractivity contribution in [3.63, 3.8) is 0 Å². The number of nitrogens with zero attached hydrogens (tertiary/aromatic N) is 4. The van der Waals surface area contributed by atoms with Crippen molar-refractivity contribution in [3.05, 3.63) is 100 Å². The van der Waals surface area contributed by atoms with Crippen molar-refractivity contribution in [1.82, 2.24) is 15.0 Å². The molecule has 0 saturated carbocycles. The minimum absolute atomic E-state index is 0.0144. The second-order valence-electron chi connectivity index (χ2n) is 7.13. The van der Waals surface area contributed by atoms with Crippen LogP contribution in [0.25, 0.3) is 11.4 Å². The van der Waals surface area contributed by atoms with Gasteiger partial charge in [-0.3, -0.25) is 14.9 Å². The van der Waals surface area contributed by atoms with E-state index in [9.17, 15) is 14.9 Å². The number of benzene rings is 2. The summed E-state index contributed by atoms with van der Waals surface area (Å²) in [6.45, 7) is 2.28. The van der Waals surface area contributed by atoms with Crippen LogP contribution >= 0.6 is 0 Å². The highest BCUT2D eigenvalue weighted by Crippen LogP contribution is 2.24. The number of non-ortho nitro benzene ring substituents is 1. The fourth-order valence-electron chi connectivity index (χ4n) is 3.35. The summed E-state index contributed by atoms with van der Waals surface area (Å²) in [6, 6.07) is 18.7. The van der Waals surface area contributed by atoms with Crippen LogP contribution in [0, 0.1) is 10.1 Å². The Labute approximate surface area is 183 Å². The van der Waals surface area contributed by atoms with Gasteiger partial charge in [0.25, 0.3) is 11.6 Å². The lowest BCUT2D eigenvalue weighted by Crippen LogP contribution is -2.35. The maximum absolute atomic E-state index is 13.1. The van der Waals surface area contributed by atoms with Crippen molar-refractivity contribution in [3.8, 4) is 11.4 Å². The molecule has 0 aliphatic heterocycles. The number of hydrogen-bond acceptors (Lipinski definition) is 7. The lowest BCUT2D eigenvalue weighted by Gasteiger charge is -2.28. The minimum Gasteiger partial charge on any atom is -0.459 e. The lowest BCUT2D eigenvalue weighted by molar-refractivity contribution is -0.384. The van der Waals surface area contributed by atoms with Gasteiger partial charge in [0.05, 0.1) is 17.2 Å². The van der Waals surface area contributed by atoms with Gasteiger partial charge in [-0.25, -0.2) is 0 Å². The molecule has 0 saturated heterocycles. The molecule has 32 heavy (non-hydrogen) atoms. The Balaban J connectivity index is 1.51. The Hall–Kier alpha value is -4.27. The molecule has 9 heteroatoms. The van der Waals surface area contributed by atoms with E-state index in [1.54, 1.807) is 29.2 Å². The molecule has 162 valence electrons. The summed E-state index contributed by atoms with van der Waals surface area (Å²) < 4.78 is 10.7. The molecule has 0 fully saturated rings. The van der Waals surface area contributed by atoms with Crippen molar-refractivity contribution in [2.24, 2.45) is 0 Å². The zero-order valence-corrected chi connectivity index (χ0v) is 17.2. The molecule has 0 N–H and O–H groups in total.